The van der Waals surface area contributed by atoms with Crippen molar-refractivity contribution in [2.24, 2.45) is 0 Å². The molecule has 4 aromatic rings. The van der Waals surface area contributed by atoms with E-state index in [4.69, 9.17) is 69.5 Å². The smallest absolute Gasteiger partial charge is 0.126 e. The molecule has 0 atom stereocenters. The third-order valence-corrected chi connectivity index (χ3v) is 11.3. The summed E-state index contributed by atoms with van der Waals surface area (Å²) in [4.78, 5) is 0. The van der Waals surface area contributed by atoms with Crippen molar-refractivity contribution in [1.29, 1.82) is 0 Å². The Kier molecular flexibility index (Phi) is 15.8. The van der Waals surface area contributed by atoms with E-state index < -0.39 is 0 Å². The van der Waals surface area contributed by atoms with Crippen LogP contribution in [0.3, 0.4) is 0 Å². The summed E-state index contributed by atoms with van der Waals surface area (Å²) in [5, 5.41) is 0. The van der Waals surface area contributed by atoms with Crippen molar-refractivity contribution < 1.29 is 18.9 Å². The number of hydrogen-bond donors (Lipinski definition) is 4. The minimum Gasteiger partial charge on any atom is -0.493 e. The molecule has 0 amide bonds. The third-order valence-electron chi connectivity index (χ3n) is 9.84. The molecule has 0 aromatic heterocycles. The molecular formula is C44H56O4S4. The van der Waals surface area contributed by atoms with Gasteiger partial charge in [0, 0.05) is 91.2 Å². The number of thiol groups is 4. The highest BCUT2D eigenvalue weighted by Gasteiger charge is 2.33. The van der Waals surface area contributed by atoms with E-state index in [2.05, 4.69) is 100 Å². The van der Waals surface area contributed by atoms with E-state index in [9.17, 15) is 0 Å². The standard InChI is InChI=1S/C44H56O4S4/c1-5-21-45-41-29-13-9-14-30(41)38(26-50)32-16-11-18-34(43(32)47-23-7-3)40(28-52)36-20-12-19-35(44(36)48-24-8-4)39(27-51)33-17-10-15-31(37(29)25-49)42(33)46-22-6-2/h9-20,37-40,49-52H,5-8,21-28H2,1-4H3. The van der Waals surface area contributed by atoms with E-state index in [-0.39, 0.29) is 23.7 Å². The lowest BCUT2D eigenvalue weighted by Crippen LogP contribution is -2.18. The van der Waals surface area contributed by atoms with Crippen molar-refractivity contribution >= 4 is 50.5 Å². The van der Waals surface area contributed by atoms with Gasteiger partial charge >= 0.3 is 0 Å². The summed E-state index contributed by atoms with van der Waals surface area (Å²) in [5.41, 5.74) is 8.74. The summed E-state index contributed by atoms with van der Waals surface area (Å²) in [6, 6.07) is 26.2. The lowest BCUT2D eigenvalue weighted by molar-refractivity contribution is 0.300. The first-order valence-electron chi connectivity index (χ1n) is 19.0. The number of para-hydroxylation sites is 4. The minimum atomic E-state index is -0.103. The number of fused-ring (bicyclic) bond motifs is 8. The normalized spacial score (nSPS) is 18.2. The second-order valence-electron chi connectivity index (χ2n) is 13.4. The van der Waals surface area contributed by atoms with E-state index in [0.29, 0.717) is 49.4 Å². The second kappa shape index (κ2) is 20.2. The average Bonchev–Trinajstić information content (AvgIpc) is 3.17. The zero-order chi connectivity index (χ0) is 37.0. The van der Waals surface area contributed by atoms with Crippen LogP contribution in [0.4, 0.5) is 0 Å². The van der Waals surface area contributed by atoms with Crippen LogP contribution in [0, 0.1) is 0 Å². The van der Waals surface area contributed by atoms with Gasteiger partial charge in [0.15, 0.2) is 0 Å². The molecule has 4 aromatic carbocycles. The SMILES string of the molecule is CCCOc1c2cccc1C(CS)c1cccc(c1OCCC)C(CS)c1cccc(c1OCCC)C(CS)c1cccc(c1OCCC)C2CS. The molecule has 0 N–H and O–H groups in total. The molecule has 1 aliphatic carbocycles. The maximum absolute atomic E-state index is 6.79. The van der Waals surface area contributed by atoms with E-state index in [1.807, 2.05) is 0 Å². The molecule has 0 aliphatic heterocycles. The van der Waals surface area contributed by atoms with Crippen LogP contribution in [-0.2, 0) is 0 Å². The maximum atomic E-state index is 6.79. The third kappa shape index (κ3) is 8.56. The molecule has 0 unspecified atom stereocenters. The molecule has 8 heteroatoms. The van der Waals surface area contributed by atoms with Crippen LogP contribution in [0.25, 0.3) is 0 Å². The molecule has 0 spiro atoms. The van der Waals surface area contributed by atoms with Crippen molar-refractivity contribution in [3.63, 3.8) is 0 Å². The minimum absolute atomic E-state index is 0.103. The highest BCUT2D eigenvalue weighted by molar-refractivity contribution is 7.80. The predicted octanol–water partition coefficient (Wildman–Crippen LogP) is 11.4. The van der Waals surface area contributed by atoms with Crippen LogP contribution in [0.15, 0.2) is 72.8 Å². The second-order valence-corrected chi connectivity index (χ2v) is 14.9. The molecule has 8 bridgehead atoms. The van der Waals surface area contributed by atoms with Gasteiger partial charge in [-0.1, -0.05) is 100 Å². The van der Waals surface area contributed by atoms with Crippen molar-refractivity contribution in [3.8, 4) is 23.0 Å². The van der Waals surface area contributed by atoms with Crippen LogP contribution in [0.1, 0.15) is 122 Å². The van der Waals surface area contributed by atoms with Gasteiger partial charge in [0.2, 0.25) is 0 Å². The fraction of sp³-hybridized carbons (Fsp3) is 0.455. The highest BCUT2D eigenvalue weighted by atomic mass is 32.1. The van der Waals surface area contributed by atoms with Gasteiger partial charge in [0.1, 0.15) is 23.0 Å². The van der Waals surface area contributed by atoms with E-state index >= 15 is 0 Å². The lowest BCUT2D eigenvalue weighted by atomic mass is 9.80. The van der Waals surface area contributed by atoms with Gasteiger partial charge in [-0.05, 0) is 25.7 Å². The summed E-state index contributed by atoms with van der Waals surface area (Å²) >= 11 is 20.1. The molecule has 52 heavy (non-hydrogen) atoms. The molecular weight excluding hydrogens is 721 g/mol. The molecule has 0 saturated heterocycles. The molecule has 1 aliphatic rings. The number of benzene rings is 4. The number of ether oxygens (including phenoxy) is 4. The first-order valence-corrected chi connectivity index (χ1v) is 21.5. The molecule has 5 rings (SSSR count). The Morgan fingerprint density at radius 2 is 0.519 bits per heavy atom. The van der Waals surface area contributed by atoms with Crippen LogP contribution < -0.4 is 18.9 Å². The highest BCUT2D eigenvalue weighted by Crippen LogP contribution is 2.50. The van der Waals surface area contributed by atoms with E-state index in [1.165, 1.54) is 0 Å². The van der Waals surface area contributed by atoms with Gasteiger partial charge in [-0.3, -0.25) is 0 Å². The Morgan fingerprint density at radius 1 is 0.346 bits per heavy atom. The molecule has 280 valence electrons. The van der Waals surface area contributed by atoms with Gasteiger partial charge in [-0.25, -0.2) is 0 Å². The van der Waals surface area contributed by atoms with Crippen LogP contribution >= 0.6 is 50.5 Å². The molecule has 0 heterocycles. The molecule has 4 nitrogen and oxygen atoms in total. The lowest BCUT2D eigenvalue weighted by Gasteiger charge is -2.31. The van der Waals surface area contributed by atoms with Crippen LogP contribution in [0.5, 0.6) is 23.0 Å². The van der Waals surface area contributed by atoms with Crippen LogP contribution in [-0.4, -0.2) is 49.4 Å². The quantitative estimate of drug-likeness (QED) is 0.0855. The van der Waals surface area contributed by atoms with Crippen molar-refractivity contribution in [3.05, 3.63) is 117 Å². The monoisotopic (exact) mass is 776 g/mol. The predicted molar refractivity (Wildman–Crippen MR) is 232 cm³/mol. The summed E-state index contributed by atoms with van der Waals surface area (Å²) < 4.78 is 27.2. The van der Waals surface area contributed by atoms with Gasteiger partial charge in [0.25, 0.3) is 0 Å². The van der Waals surface area contributed by atoms with Gasteiger partial charge in [-0.2, -0.15) is 50.5 Å². The van der Waals surface area contributed by atoms with Crippen molar-refractivity contribution in [2.45, 2.75) is 77.0 Å². The summed E-state index contributed by atoms with van der Waals surface area (Å²) in [6.07, 6.45) is 3.55. The Morgan fingerprint density at radius 3 is 0.654 bits per heavy atom. The largest absolute Gasteiger partial charge is 0.493 e. The molecule has 0 fully saturated rings. The first kappa shape index (κ1) is 40.7. The van der Waals surface area contributed by atoms with E-state index in [1.54, 1.807) is 0 Å². The van der Waals surface area contributed by atoms with Gasteiger partial charge in [0.05, 0.1) is 26.4 Å². The Balaban J connectivity index is 1.96. The molecule has 0 saturated carbocycles. The zero-order valence-electron chi connectivity index (χ0n) is 31.1. The van der Waals surface area contributed by atoms with E-state index in [0.717, 1.165) is 93.2 Å². The summed E-state index contributed by atoms with van der Waals surface area (Å²) in [6.45, 7) is 11.0. The Bertz CT molecular complexity index is 1400. The Labute approximate surface area is 334 Å². The average molecular weight is 777 g/mol. The van der Waals surface area contributed by atoms with Gasteiger partial charge < -0.3 is 18.9 Å². The number of hydrogen-bond acceptors (Lipinski definition) is 8. The fourth-order valence-corrected chi connectivity index (χ4v) is 9.00. The Hall–Kier alpha value is -2.52. The van der Waals surface area contributed by atoms with Crippen LogP contribution in [0.2, 0.25) is 0 Å². The molecule has 0 radical (unpaired) electrons. The number of rotatable bonds is 16. The maximum Gasteiger partial charge on any atom is 0.126 e. The van der Waals surface area contributed by atoms with Crippen molar-refractivity contribution in [1.82, 2.24) is 0 Å². The zero-order valence-corrected chi connectivity index (χ0v) is 34.7. The summed E-state index contributed by atoms with van der Waals surface area (Å²) in [7, 11) is 0. The summed E-state index contributed by atoms with van der Waals surface area (Å²) in [5.74, 6) is 5.44. The fourth-order valence-electron chi connectivity index (χ4n) is 7.43. The van der Waals surface area contributed by atoms with Crippen molar-refractivity contribution in [2.75, 3.05) is 49.4 Å². The first-order chi connectivity index (χ1) is 25.5. The topological polar surface area (TPSA) is 36.9 Å². The van der Waals surface area contributed by atoms with Gasteiger partial charge in [-0.15, -0.1) is 0 Å².